The van der Waals surface area contributed by atoms with Crippen LogP contribution in [0.5, 0.6) is 5.75 Å². The molecular formula is C22H19FN2O4S. The summed E-state index contributed by atoms with van der Waals surface area (Å²) < 4.78 is 45.4. The summed E-state index contributed by atoms with van der Waals surface area (Å²) in [6.07, 6.45) is 2.86. The molecule has 0 aromatic heterocycles. The van der Waals surface area contributed by atoms with E-state index >= 15 is 0 Å². The average molecular weight is 426 g/mol. The number of sulfonamides is 1. The van der Waals surface area contributed by atoms with Gasteiger partial charge in [-0.3, -0.25) is 9.52 Å². The Labute approximate surface area is 174 Å². The molecule has 0 aliphatic rings. The topological polar surface area (TPSA) is 84.5 Å². The number of benzene rings is 3. The lowest BCUT2D eigenvalue weighted by atomic mass is 10.2. The minimum atomic E-state index is -3.78. The Bertz CT molecular complexity index is 1140. The fourth-order valence-electron chi connectivity index (χ4n) is 2.52. The average Bonchev–Trinajstić information content (AvgIpc) is 2.74. The molecule has 3 aromatic rings. The van der Waals surface area contributed by atoms with E-state index in [1.807, 2.05) is 0 Å². The largest absolute Gasteiger partial charge is 0.497 e. The molecule has 2 N–H and O–H groups in total. The van der Waals surface area contributed by atoms with Gasteiger partial charge in [0.05, 0.1) is 12.0 Å². The van der Waals surface area contributed by atoms with Crippen molar-refractivity contribution in [2.45, 2.75) is 4.90 Å². The number of hydrogen-bond donors (Lipinski definition) is 2. The molecule has 0 heterocycles. The summed E-state index contributed by atoms with van der Waals surface area (Å²) in [6.45, 7) is 0. The van der Waals surface area contributed by atoms with Gasteiger partial charge in [0.1, 0.15) is 11.6 Å². The highest BCUT2D eigenvalue weighted by Gasteiger charge is 2.14. The third-order valence-electron chi connectivity index (χ3n) is 4.07. The lowest BCUT2D eigenvalue weighted by Gasteiger charge is -2.09. The molecule has 3 rings (SSSR count). The lowest BCUT2D eigenvalue weighted by Crippen LogP contribution is -2.13. The van der Waals surface area contributed by atoms with Crippen molar-refractivity contribution < 1.29 is 22.3 Å². The number of carbonyl (C=O) groups excluding carboxylic acids is 1. The van der Waals surface area contributed by atoms with Crippen LogP contribution in [-0.4, -0.2) is 21.4 Å². The molecule has 0 aliphatic carbocycles. The number of rotatable bonds is 7. The summed E-state index contributed by atoms with van der Waals surface area (Å²) in [5, 5.41) is 2.64. The van der Waals surface area contributed by atoms with Gasteiger partial charge < -0.3 is 10.1 Å². The zero-order chi connectivity index (χ0) is 21.6. The van der Waals surface area contributed by atoms with Gasteiger partial charge in [0.25, 0.3) is 10.0 Å². The molecule has 0 atom stereocenters. The molecule has 0 bridgehead atoms. The second-order valence-corrected chi connectivity index (χ2v) is 7.91. The minimum Gasteiger partial charge on any atom is -0.497 e. The first-order chi connectivity index (χ1) is 14.4. The number of ether oxygens (including phenoxy) is 1. The molecule has 6 nitrogen and oxygen atoms in total. The molecule has 0 fully saturated rings. The van der Waals surface area contributed by atoms with Crippen molar-refractivity contribution in [2.24, 2.45) is 0 Å². The first kappa shape index (κ1) is 21.1. The Hall–Kier alpha value is -3.65. The minimum absolute atomic E-state index is 0.0539. The molecule has 0 saturated heterocycles. The van der Waals surface area contributed by atoms with E-state index in [0.717, 1.165) is 0 Å². The molecule has 30 heavy (non-hydrogen) atoms. The molecule has 8 heteroatoms. The molecule has 0 spiro atoms. The van der Waals surface area contributed by atoms with Crippen LogP contribution in [-0.2, 0) is 14.8 Å². The summed E-state index contributed by atoms with van der Waals surface area (Å²) in [5.41, 5.74) is 1.52. The van der Waals surface area contributed by atoms with E-state index in [9.17, 15) is 17.6 Å². The number of carbonyl (C=O) groups is 1. The van der Waals surface area contributed by atoms with Crippen LogP contribution >= 0.6 is 0 Å². The van der Waals surface area contributed by atoms with Gasteiger partial charge in [0.15, 0.2) is 0 Å². The molecule has 0 aliphatic heterocycles. The number of halogens is 1. The fourth-order valence-corrected chi connectivity index (χ4v) is 3.58. The van der Waals surface area contributed by atoms with Crippen LogP contribution in [0.3, 0.4) is 0 Å². The zero-order valence-electron chi connectivity index (χ0n) is 16.0. The highest BCUT2D eigenvalue weighted by molar-refractivity contribution is 7.92. The van der Waals surface area contributed by atoms with Crippen molar-refractivity contribution in [2.75, 3.05) is 17.1 Å². The molecule has 3 aromatic carbocycles. The predicted octanol–water partition coefficient (Wildman–Crippen LogP) is 4.29. The monoisotopic (exact) mass is 426 g/mol. The standard InChI is InChI=1S/C22H19FN2O4S/c1-29-20-11-7-19(8-12-20)25-30(27,28)21-13-9-18(10-14-21)24-22(26)15-4-16-2-5-17(23)6-3-16/h2-15,25H,1H3,(H,24,26). The second-order valence-electron chi connectivity index (χ2n) is 6.23. The van der Waals surface area contributed by atoms with Gasteiger partial charge in [-0.05, 0) is 72.3 Å². The van der Waals surface area contributed by atoms with Crippen molar-refractivity contribution >= 4 is 33.4 Å². The molecule has 0 saturated carbocycles. The van der Waals surface area contributed by atoms with E-state index in [1.54, 1.807) is 42.5 Å². The Morgan fingerprint density at radius 3 is 2.10 bits per heavy atom. The normalized spacial score (nSPS) is 11.3. The van der Waals surface area contributed by atoms with Crippen molar-refractivity contribution in [3.63, 3.8) is 0 Å². The van der Waals surface area contributed by atoms with Gasteiger partial charge in [-0.15, -0.1) is 0 Å². The van der Waals surface area contributed by atoms with Crippen molar-refractivity contribution in [1.29, 1.82) is 0 Å². The van der Waals surface area contributed by atoms with Gasteiger partial charge in [0, 0.05) is 17.5 Å². The quantitative estimate of drug-likeness (QED) is 0.552. The Morgan fingerprint density at radius 2 is 1.50 bits per heavy atom. The van der Waals surface area contributed by atoms with Crippen LogP contribution in [0.2, 0.25) is 0 Å². The predicted molar refractivity (Wildman–Crippen MR) is 114 cm³/mol. The summed E-state index contributed by atoms with van der Waals surface area (Å²) in [4.78, 5) is 12.1. The van der Waals surface area contributed by atoms with Crippen molar-refractivity contribution in [1.82, 2.24) is 0 Å². The third-order valence-corrected chi connectivity index (χ3v) is 5.47. The first-order valence-corrected chi connectivity index (χ1v) is 10.4. The summed E-state index contributed by atoms with van der Waals surface area (Å²) in [6, 6.07) is 18.0. The number of methoxy groups -OCH3 is 1. The molecule has 154 valence electrons. The van der Waals surface area contributed by atoms with Crippen LogP contribution < -0.4 is 14.8 Å². The Kier molecular flexibility index (Phi) is 6.48. The maximum atomic E-state index is 12.9. The first-order valence-electron chi connectivity index (χ1n) is 8.87. The second kappa shape index (κ2) is 9.23. The van der Waals surface area contributed by atoms with E-state index in [0.29, 0.717) is 22.7 Å². The van der Waals surface area contributed by atoms with E-state index in [1.165, 1.54) is 49.6 Å². The SMILES string of the molecule is COc1ccc(NS(=O)(=O)c2ccc(NC(=O)C=Cc3ccc(F)cc3)cc2)cc1. The van der Waals surface area contributed by atoms with Crippen LogP contribution in [0.1, 0.15) is 5.56 Å². The van der Waals surface area contributed by atoms with Crippen LogP contribution in [0.15, 0.2) is 83.8 Å². The Morgan fingerprint density at radius 1 is 0.900 bits per heavy atom. The van der Waals surface area contributed by atoms with Crippen LogP contribution in [0, 0.1) is 5.82 Å². The lowest BCUT2D eigenvalue weighted by molar-refractivity contribution is -0.111. The van der Waals surface area contributed by atoms with Crippen molar-refractivity contribution in [3.8, 4) is 5.75 Å². The fraction of sp³-hybridized carbons (Fsp3) is 0.0455. The maximum absolute atomic E-state index is 12.9. The zero-order valence-corrected chi connectivity index (χ0v) is 16.8. The number of anilines is 2. The van der Waals surface area contributed by atoms with Gasteiger partial charge in [-0.25, -0.2) is 12.8 Å². The molecular weight excluding hydrogens is 407 g/mol. The van der Waals surface area contributed by atoms with Crippen LogP contribution in [0.25, 0.3) is 6.08 Å². The molecule has 0 radical (unpaired) electrons. The summed E-state index contributed by atoms with van der Waals surface area (Å²) in [7, 11) is -2.25. The van der Waals surface area contributed by atoms with E-state index < -0.39 is 15.9 Å². The van der Waals surface area contributed by atoms with E-state index in [4.69, 9.17) is 4.74 Å². The highest BCUT2D eigenvalue weighted by Crippen LogP contribution is 2.20. The summed E-state index contributed by atoms with van der Waals surface area (Å²) >= 11 is 0. The van der Waals surface area contributed by atoms with Crippen LogP contribution in [0.4, 0.5) is 15.8 Å². The van der Waals surface area contributed by atoms with Gasteiger partial charge in [-0.2, -0.15) is 0 Å². The number of nitrogens with one attached hydrogen (secondary N) is 2. The van der Waals surface area contributed by atoms with E-state index in [-0.39, 0.29) is 10.7 Å². The van der Waals surface area contributed by atoms with Gasteiger partial charge >= 0.3 is 0 Å². The number of amides is 1. The highest BCUT2D eigenvalue weighted by atomic mass is 32.2. The smallest absolute Gasteiger partial charge is 0.261 e. The third kappa shape index (κ3) is 5.68. The van der Waals surface area contributed by atoms with Gasteiger partial charge in [-0.1, -0.05) is 12.1 Å². The van der Waals surface area contributed by atoms with Gasteiger partial charge in [0.2, 0.25) is 5.91 Å². The maximum Gasteiger partial charge on any atom is 0.261 e. The molecule has 1 amide bonds. The molecule has 0 unspecified atom stereocenters. The Balaban J connectivity index is 1.63. The summed E-state index contributed by atoms with van der Waals surface area (Å²) in [5.74, 6) is -0.133. The van der Waals surface area contributed by atoms with Crippen molar-refractivity contribution in [3.05, 3.63) is 90.3 Å². The van der Waals surface area contributed by atoms with E-state index in [2.05, 4.69) is 10.0 Å². The number of hydrogen-bond acceptors (Lipinski definition) is 4.